The van der Waals surface area contributed by atoms with E-state index in [4.69, 9.17) is 9.47 Å². The van der Waals surface area contributed by atoms with E-state index in [1.54, 1.807) is 7.11 Å². The van der Waals surface area contributed by atoms with Gasteiger partial charge >= 0.3 is 0 Å². The van der Waals surface area contributed by atoms with Crippen LogP contribution in [0.25, 0.3) is 0 Å². The van der Waals surface area contributed by atoms with E-state index in [1.165, 1.54) is 6.33 Å². The van der Waals surface area contributed by atoms with Crippen molar-refractivity contribution in [2.75, 3.05) is 31.6 Å². The summed E-state index contributed by atoms with van der Waals surface area (Å²) in [6.45, 7) is 8.12. The summed E-state index contributed by atoms with van der Waals surface area (Å²) in [7, 11) is 1.62. The van der Waals surface area contributed by atoms with Crippen LogP contribution < -0.4 is 14.4 Å². The molecular weight excluding hydrogens is 344 g/mol. The van der Waals surface area contributed by atoms with Crippen molar-refractivity contribution in [3.63, 3.8) is 0 Å². The lowest BCUT2D eigenvalue weighted by Crippen LogP contribution is -2.54. The molecule has 0 aliphatic carbocycles. The van der Waals surface area contributed by atoms with Crippen molar-refractivity contribution in [1.29, 1.82) is 0 Å². The first-order chi connectivity index (χ1) is 13.0. The Hall–Kier alpha value is -2.83. The second kappa shape index (κ2) is 8.24. The largest absolute Gasteiger partial charge is 0.493 e. The maximum Gasteiger partial charge on any atom is 0.224 e. The van der Waals surface area contributed by atoms with Crippen LogP contribution >= 0.6 is 0 Å². The average molecular weight is 370 g/mol. The van der Waals surface area contributed by atoms with Crippen LogP contribution in [0.15, 0.2) is 30.6 Å². The van der Waals surface area contributed by atoms with E-state index in [0.717, 1.165) is 24.5 Å². The van der Waals surface area contributed by atoms with Crippen molar-refractivity contribution < 1.29 is 14.3 Å². The first kappa shape index (κ1) is 18.9. The van der Waals surface area contributed by atoms with Gasteiger partial charge in [0.25, 0.3) is 0 Å². The van der Waals surface area contributed by atoms with Crippen molar-refractivity contribution in [2.24, 2.45) is 0 Å². The van der Waals surface area contributed by atoms with Gasteiger partial charge in [0.2, 0.25) is 11.8 Å². The predicted octanol–water partition coefficient (Wildman–Crippen LogP) is 3.03. The van der Waals surface area contributed by atoms with E-state index in [-0.39, 0.29) is 11.9 Å². The van der Waals surface area contributed by atoms with Gasteiger partial charge < -0.3 is 19.3 Å². The third kappa shape index (κ3) is 4.30. The zero-order chi connectivity index (χ0) is 19.4. The predicted molar refractivity (Wildman–Crippen MR) is 104 cm³/mol. The van der Waals surface area contributed by atoms with Crippen molar-refractivity contribution in [3.05, 3.63) is 36.2 Å². The van der Waals surface area contributed by atoms with Crippen molar-refractivity contribution >= 4 is 11.7 Å². The third-order valence-electron chi connectivity index (χ3n) is 4.74. The molecule has 0 unspecified atom stereocenters. The third-order valence-corrected chi connectivity index (χ3v) is 4.74. The normalized spacial score (nSPS) is 17.0. The minimum atomic E-state index is 0.141. The number of carbonyl (C=O) groups is 1. The molecule has 0 bridgehead atoms. The molecule has 0 spiro atoms. The molecule has 7 nitrogen and oxygen atoms in total. The number of anilines is 1. The van der Waals surface area contributed by atoms with Gasteiger partial charge in [-0.2, -0.15) is 0 Å². The zero-order valence-electron chi connectivity index (χ0n) is 16.3. The summed E-state index contributed by atoms with van der Waals surface area (Å²) in [5.74, 6) is 2.72. The lowest BCUT2D eigenvalue weighted by molar-refractivity contribution is -0.133. The summed E-state index contributed by atoms with van der Waals surface area (Å²) >= 11 is 0. The molecule has 1 aromatic heterocycles. The molecule has 0 N–H and O–H groups in total. The number of carbonyl (C=O) groups excluding carboxylic acids is 1. The number of rotatable bonds is 5. The Morgan fingerprint density at radius 1 is 1.22 bits per heavy atom. The Bertz CT molecular complexity index is 812. The van der Waals surface area contributed by atoms with Crippen molar-refractivity contribution in [3.8, 4) is 17.4 Å². The fraction of sp³-hybridized carbons (Fsp3) is 0.450. The van der Waals surface area contributed by atoms with Gasteiger partial charge in [-0.1, -0.05) is 13.0 Å². The SMILES string of the molecule is CCC(=O)N1CCN(c2cc(Oc3ccc(C)cc3OC)ncn2)C[C@@H]1C. The maximum atomic E-state index is 12.0. The molecular formula is C20H26N4O3. The Morgan fingerprint density at radius 3 is 2.74 bits per heavy atom. The Balaban J connectivity index is 1.74. The van der Waals surface area contributed by atoms with Crippen LogP contribution in [-0.4, -0.2) is 53.6 Å². The molecule has 3 rings (SSSR count). The molecule has 1 amide bonds. The van der Waals surface area contributed by atoms with Crippen LogP contribution in [0.4, 0.5) is 5.82 Å². The number of hydrogen-bond donors (Lipinski definition) is 0. The van der Waals surface area contributed by atoms with Crippen molar-refractivity contribution in [1.82, 2.24) is 14.9 Å². The number of piperazine rings is 1. The molecule has 7 heteroatoms. The van der Waals surface area contributed by atoms with Gasteiger partial charge in [-0.05, 0) is 31.5 Å². The Morgan fingerprint density at radius 2 is 2.04 bits per heavy atom. The molecule has 0 radical (unpaired) electrons. The van der Waals surface area contributed by atoms with Crippen LogP contribution in [0.3, 0.4) is 0 Å². The summed E-state index contributed by atoms with van der Waals surface area (Å²) < 4.78 is 11.3. The van der Waals surface area contributed by atoms with E-state index < -0.39 is 0 Å². The molecule has 0 saturated carbocycles. The Labute approximate surface area is 159 Å². The summed E-state index contributed by atoms with van der Waals surface area (Å²) in [5, 5.41) is 0. The summed E-state index contributed by atoms with van der Waals surface area (Å²) in [6, 6.07) is 7.72. The standard InChI is InChI=1S/C20H26N4O3/c1-5-20(25)24-9-8-23(12-15(24)3)18-11-19(22-13-21-18)27-16-7-6-14(2)10-17(16)26-4/h6-7,10-11,13,15H,5,8-9,12H2,1-4H3/t15-/m0/s1. The average Bonchev–Trinajstić information content (AvgIpc) is 2.69. The van der Waals surface area contributed by atoms with Gasteiger partial charge in [0, 0.05) is 38.2 Å². The molecule has 2 heterocycles. The highest BCUT2D eigenvalue weighted by Gasteiger charge is 2.27. The highest BCUT2D eigenvalue weighted by molar-refractivity contribution is 5.76. The summed E-state index contributed by atoms with van der Waals surface area (Å²) in [5.41, 5.74) is 1.09. The first-order valence-electron chi connectivity index (χ1n) is 9.20. The molecule has 1 aromatic carbocycles. The summed E-state index contributed by atoms with van der Waals surface area (Å²) in [6.07, 6.45) is 2.04. The molecule has 1 fully saturated rings. The van der Waals surface area contributed by atoms with Gasteiger partial charge in [-0.25, -0.2) is 9.97 Å². The molecule has 1 aliphatic heterocycles. The topological polar surface area (TPSA) is 67.8 Å². The minimum absolute atomic E-state index is 0.141. The van der Waals surface area contributed by atoms with Crippen LogP contribution in [0.2, 0.25) is 0 Å². The Kier molecular flexibility index (Phi) is 5.78. The fourth-order valence-corrected chi connectivity index (χ4v) is 3.27. The number of hydrogen-bond acceptors (Lipinski definition) is 6. The number of aryl methyl sites for hydroxylation is 1. The van der Waals surface area contributed by atoms with Crippen LogP contribution in [0, 0.1) is 6.92 Å². The molecule has 2 aromatic rings. The van der Waals surface area contributed by atoms with Crippen LogP contribution in [-0.2, 0) is 4.79 Å². The molecule has 1 aliphatic rings. The smallest absolute Gasteiger partial charge is 0.224 e. The fourth-order valence-electron chi connectivity index (χ4n) is 3.27. The van der Waals surface area contributed by atoms with E-state index in [1.807, 2.05) is 43.0 Å². The van der Waals surface area contributed by atoms with Crippen LogP contribution in [0.1, 0.15) is 25.8 Å². The lowest BCUT2D eigenvalue weighted by atomic mass is 10.1. The van der Waals surface area contributed by atoms with E-state index in [9.17, 15) is 4.79 Å². The zero-order valence-corrected chi connectivity index (χ0v) is 16.3. The quantitative estimate of drug-likeness (QED) is 0.806. The van der Waals surface area contributed by atoms with Gasteiger partial charge in [-0.15, -0.1) is 0 Å². The van der Waals surface area contributed by atoms with Gasteiger partial charge in [0.05, 0.1) is 7.11 Å². The summed E-state index contributed by atoms with van der Waals surface area (Å²) in [4.78, 5) is 24.7. The first-order valence-corrected chi connectivity index (χ1v) is 9.20. The molecule has 144 valence electrons. The number of nitrogens with zero attached hydrogens (tertiary/aromatic N) is 4. The van der Waals surface area contributed by atoms with E-state index in [0.29, 0.717) is 30.3 Å². The van der Waals surface area contributed by atoms with Gasteiger partial charge in [-0.3, -0.25) is 4.79 Å². The number of ether oxygens (including phenoxy) is 2. The van der Waals surface area contributed by atoms with Gasteiger partial charge in [0.1, 0.15) is 12.1 Å². The second-order valence-corrected chi connectivity index (χ2v) is 6.71. The van der Waals surface area contributed by atoms with Crippen molar-refractivity contribution in [2.45, 2.75) is 33.2 Å². The second-order valence-electron chi connectivity index (χ2n) is 6.71. The lowest BCUT2D eigenvalue weighted by Gasteiger charge is -2.40. The van der Waals surface area contributed by atoms with Gasteiger partial charge in [0.15, 0.2) is 11.5 Å². The highest BCUT2D eigenvalue weighted by atomic mass is 16.5. The molecule has 1 saturated heterocycles. The number of amides is 1. The monoisotopic (exact) mass is 370 g/mol. The number of aromatic nitrogens is 2. The molecule has 27 heavy (non-hydrogen) atoms. The molecule has 1 atom stereocenters. The van der Waals surface area contributed by atoms with Crippen LogP contribution in [0.5, 0.6) is 17.4 Å². The number of methoxy groups -OCH3 is 1. The van der Waals surface area contributed by atoms with E-state index in [2.05, 4.69) is 21.8 Å². The minimum Gasteiger partial charge on any atom is -0.493 e. The van der Waals surface area contributed by atoms with E-state index >= 15 is 0 Å². The highest BCUT2D eigenvalue weighted by Crippen LogP contribution is 2.32. The number of benzene rings is 1. The maximum absolute atomic E-state index is 12.0.